The van der Waals surface area contributed by atoms with Crippen LogP contribution in [-0.2, 0) is 0 Å². The fourth-order valence-electron chi connectivity index (χ4n) is 1.96. The number of unbranched alkanes of at least 4 members (excludes halogenated alkanes) is 1. The van der Waals surface area contributed by atoms with Crippen LogP contribution in [0.5, 0.6) is 0 Å². The highest BCUT2D eigenvalue weighted by atomic mass is 32.2. The number of nitrogens with one attached hydrogen (secondary N) is 1. The first-order valence-corrected chi connectivity index (χ1v) is 8.17. The molecule has 0 spiro atoms. The van der Waals surface area contributed by atoms with Gasteiger partial charge in [0.25, 0.3) is 0 Å². The number of hydrogen-bond donors (Lipinski definition) is 2. The molecule has 0 radical (unpaired) electrons. The standard InChI is InChI=1S/C14H29NOS/c1-12(2)10-17-9-5-4-8-14(3,11-16)15-13-6-7-13/h12-13,15-16H,4-11H2,1-3H3. The van der Waals surface area contributed by atoms with Crippen LogP contribution in [0, 0.1) is 5.92 Å². The molecule has 1 aliphatic carbocycles. The molecule has 1 saturated carbocycles. The zero-order valence-electron chi connectivity index (χ0n) is 11.7. The third-order valence-electron chi connectivity index (χ3n) is 3.20. The molecule has 1 unspecified atom stereocenters. The fraction of sp³-hybridized carbons (Fsp3) is 1.00. The molecule has 0 aromatic rings. The molecule has 2 nitrogen and oxygen atoms in total. The number of aliphatic hydroxyl groups is 1. The van der Waals surface area contributed by atoms with E-state index in [0.717, 1.165) is 12.3 Å². The molecule has 0 bridgehead atoms. The molecule has 3 heteroatoms. The van der Waals surface area contributed by atoms with E-state index < -0.39 is 0 Å². The lowest BCUT2D eigenvalue weighted by Gasteiger charge is -2.29. The van der Waals surface area contributed by atoms with E-state index in [4.69, 9.17) is 0 Å². The molecule has 0 amide bonds. The van der Waals surface area contributed by atoms with E-state index in [2.05, 4.69) is 37.8 Å². The van der Waals surface area contributed by atoms with Gasteiger partial charge in [-0.2, -0.15) is 11.8 Å². The van der Waals surface area contributed by atoms with Crippen molar-refractivity contribution in [3.63, 3.8) is 0 Å². The first-order valence-electron chi connectivity index (χ1n) is 7.02. The maximum absolute atomic E-state index is 9.47. The average Bonchev–Trinajstić information content (AvgIpc) is 3.06. The van der Waals surface area contributed by atoms with Crippen LogP contribution < -0.4 is 5.32 Å². The SMILES string of the molecule is CC(C)CSCCCCC(C)(CO)NC1CC1. The van der Waals surface area contributed by atoms with Crippen LogP contribution >= 0.6 is 11.8 Å². The van der Waals surface area contributed by atoms with Crippen LogP contribution in [0.4, 0.5) is 0 Å². The third kappa shape index (κ3) is 7.32. The molecule has 0 aliphatic heterocycles. The van der Waals surface area contributed by atoms with Gasteiger partial charge in [-0.15, -0.1) is 0 Å². The van der Waals surface area contributed by atoms with Gasteiger partial charge in [-0.25, -0.2) is 0 Å². The Kier molecular flexibility index (Phi) is 6.90. The van der Waals surface area contributed by atoms with E-state index in [1.54, 1.807) is 0 Å². The predicted molar refractivity (Wildman–Crippen MR) is 77.7 cm³/mol. The number of aliphatic hydroxyl groups excluding tert-OH is 1. The Hall–Kier alpha value is 0.270. The molecule has 1 rings (SSSR count). The van der Waals surface area contributed by atoms with Gasteiger partial charge in [-0.1, -0.05) is 20.3 Å². The van der Waals surface area contributed by atoms with E-state index >= 15 is 0 Å². The van der Waals surface area contributed by atoms with Gasteiger partial charge in [-0.05, 0) is 50.0 Å². The number of thioether (sulfide) groups is 1. The van der Waals surface area contributed by atoms with Crippen molar-refractivity contribution >= 4 is 11.8 Å². The molecule has 1 fully saturated rings. The van der Waals surface area contributed by atoms with Crippen molar-refractivity contribution in [2.75, 3.05) is 18.1 Å². The highest BCUT2D eigenvalue weighted by Gasteiger charge is 2.31. The quantitative estimate of drug-likeness (QED) is 0.591. The minimum atomic E-state index is -0.0378. The van der Waals surface area contributed by atoms with E-state index in [1.807, 2.05) is 0 Å². The summed E-state index contributed by atoms with van der Waals surface area (Å²) in [6.45, 7) is 6.97. The van der Waals surface area contributed by atoms with Gasteiger partial charge in [0.1, 0.15) is 0 Å². The monoisotopic (exact) mass is 259 g/mol. The topological polar surface area (TPSA) is 32.3 Å². The third-order valence-corrected chi connectivity index (χ3v) is 4.68. The Morgan fingerprint density at radius 1 is 1.35 bits per heavy atom. The van der Waals surface area contributed by atoms with Crippen LogP contribution in [0.15, 0.2) is 0 Å². The predicted octanol–water partition coefficient (Wildman–Crippen LogP) is 3.05. The van der Waals surface area contributed by atoms with Crippen LogP contribution in [-0.4, -0.2) is 34.8 Å². The number of rotatable bonds is 10. The van der Waals surface area contributed by atoms with Crippen molar-refractivity contribution in [1.29, 1.82) is 0 Å². The second kappa shape index (κ2) is 7.65. The average molecular weight is 259 g/mol. The largest absolute Gasteiger partial charge is 0.394 e. The van der Waals surface area contributed by atoms with Gasteiger partial charge in [0.2, 0.25) is 0 Å². The van der Waals surface area contributed by atoms with E-state index in [-0.39, 0.29) is 12.1 Å². The van der Waals surface area contributed by atoms with E-state index in [9.17, 15) is 5.11 Å². The molecule has 0 saturated heterocycles. The Bertz CT molecular complexity index is 206. The van der Waals surface area contributed by atoms with Crippen molar-refractivity contribution in [3.05, 3.63) is 0 Å². The Morgan fingerprint density at radius 3 is 2.59 bits per heavy atom. The first kappa shape index (κ1) is 15.3. The minimum absolute atomic E-state index is 0.0378. The van der Waals surface area contributed by atoms with Gasteiger partial charge in [0.15, 0.2) is 0 Å². The second-order valence-electron chi connectivity index (χ2n) is 6.06. The molecule has 0 aromatic carbocycles. The maximum atomic E-state index is 9.47. The summed E-state index contributed by atoms with van der Waals surface area (Å²) in [5.41, 5.74) is -0.0378. The van der Waals surface area contributed by atoms with Gasteiger partial charge < -0.3 is 10.4 Å². The highest BCUT2D eigenvalue weighted by molar-refractivity contribution is 7.99. The van der Waals surface area contributed by atoms with Gasteiger partial charge in [0.05, 0.1) is 6.61 Å². The van der Waals surface area contributed by atoms with Crippen LogP contribution in [0.3, 0.4) is 0 Å². The van der Waals surface area contributed by atoms with Crippen LogP contribution in [0.1, 0.15) is 52.9 Å². The normalized spacial score (nSPS) is 19.6. The Morgan fingerprint density at radius 2 is 2.06 bits per heavy atom. The summed E-state index contributed by atoms with van der Waals surface area (Å²) in [6.07, 6.45) is 6.18. The smallest absolute Gasteiger partial charge is 0.0610 e. The van der Waals surface area contributed by atoms with Gasteiger partial charge in [0, 0.05) is 11.6 Å². The lowest BCUT2D eigenvalue weighted by Crippen LogP contribution is -2.46. The van der Waals surface area contributed by atoms with Crippen molar-refractivity contribution in [3.8, 4) is 0 Å². The fourth-order valence-corrected chi connectivity index (χ4v) is 3.00. The lowest BCUT2D eigenvalue weighted by molar-refractivity contribution is 0.161. The molecule has 1 aliphatic rings. The molecular weight excluding hydrogens is 230 g/mol. The minimum Gasteiger partial charge on any atom is -0.394 e. The molecule has 2 N–H and O–H groups in total. The van der Waals surface area contributed by atoms with Crippen molar-refractivity contribution in [2.45, 2.75) is 64.5 Å². The summed E-state index contributed by atoms with van der Waals surface area (Å²) in [5, 5.41) is 13.0. The highest BCUT2D eigenvalue weighted by Crippen LogP contribution is 2.25. The van der Waals surface area contributed by atoms with E-state index in [0.29, 0.717) is 6.04 Å². The summed E-state index contributed by atoms with van der Waals surface area (Å²) in [4.78, 5) is 0. The lowest BCUT2D eigenvalue weighted by atomic mass is 9.96. The summed E-state index contributed by atoms with van der Waals surface area (Å²) < 4.78 is 0. The molecular formula is C14H29NOS. The maximum Gasteiger partial charge on any atom is 0.0610 e. The Labute approximate surface area is 111 Å². The van der Waals surface area contributed by atoms with Gasteiger partial charge >= 0.3 is 0 Å². The summed E-state index contributed by atoms with van der Waals surface area (Å²) in [6, 6.07) is 0.683. The molecule has 0 aromatic heterocycles. The van der Waals surface area contributed by atoms with Gasteiger partial charge in [-0.3, -0.25) is 0 Å². The summed E-state index contributed by atoms with van der Waals surface area (Å²) in [7, 11) is 0. The van der Waals surface area contributed by atoms with E-state index in [1.165, 1.54) is 37.2 Å². The Balaban J connectivity index is 2.02. The molecule has 0 heterocycles. The summed E-state index contributed by atoms with van der Waals surface area (Å²) in [5.74, 6) is 3.35. The molecule has 17 heavy (non-hydrogen) atoms. The number of hydrogen-bond acceptors (Lipinski definition) is 3. The summed E-state index contributed by atoms with van der Waals surface area (Å²) >= 11 is 2.06. The van der Waals surface area contributed by atoms with Crippen molar-refractivity contribution in [1.82, 2.24) is 5.32 Å². The van der Waals surface area contributed by atoms with Crippen molar-refractivity contribution in [2.24, 2.45) is 5.92 Å². The zero-order chi connectivity index (χ0) is 12.7. The van der Waals surface area contributed by atoms with Crippen molar-refractivity contribution < 1.29 is 5.11 Å². The first-order chi connectivity index (χ1) is 8.06. The van der Waals surface area contributed by atoms with Crippen LogP contribution in [0.2, 0.25) is 0 Å². The molecule has 102 valence electrons. The van der Waals surface area contributed by atoms with Crippen LogP contribution in [0.25, 0.3) is 0 Å². The second-order valence-corrected chi connectivity index (χ2v) is 7.21. The molecule has 1 atom stereocenters. The zero-order valence-corrected chi connectivity index (χ0v) is 12.5.